The van der Waals surface area contributed by atoms with E-state index in [0.717, 1.165) is 19.3 Å². The van der Waals surface area contributed by atoms with Crippen molar-refractivity contribution < 1.29 is 19.0 Å². The number of hydrogen-bond donors (Lipinski definition) is 0. The molecular weight excluding hydrogens is 184 g/mol. The zero-order valence-corrected chi connectivity index (χ0v) is 8.45. The van der Waals surface area contributed by atoms with Crippen molar-refractivity contribution in [3.63, 3.8) is 0 Å². The molecule has 0 aromatic carbocycles. The summed E-state index contributed by atoms with van der Waals surface area (Å²) >= 11 is 0. The number of carbonyl (C=O) groups is 1. The minimum atomic E-state index is -0.647. The first-order chi connectivity index (χ1) is 6.78. The fourth-order valence-electron chi connectivity index (χ4n) is 2.30. The highest BCUT2D eigenvalue weighted by atomic mass is 16.7. The molecule has 1 atom stereocenters. The van der Waals surface area contributed by atoms with E-state index in [0.29, 0.717) is 19.8 Å². The molecule has 0 aromatic heterocycles. The third-order valence-electron chi connectivity index (χ3n) is 2.90. The molecule has 4 heteroatoms. The Hall–Kier alpha value is -0.610. The Balaban J connectivity index is 2.06. The molecule has 0 amide bonds. The van der Waals surface area contributed by atoms with Crippen LogP contribution in [0.15, 0.2) is 0 Å². The first-order valence-corrected chi connectivity index (χ1v) is 5.23. The van der Waals surface area contributed by atoms with E-state index >= 15 is 0 Å². The predicted octanol–water partition coefficient (Wildman–Crippen LogP) is 1.09. The number of rotatable bonds is 2. The second kappa shape index (κ2) is 3.87. The third kappa shape index (κ3) is 1.53. The molecule has 2 fully saturated rings. The molecule has 14 heavy (non-hydrogen) atoms. The maximum atomic E-state index is 11.6. The van der Waals surface area contributed by atoms with Crippen LogP contribution in [0, 0.1) is 5.92 Å². The maximum Gasteiger partial charge on any atom is 0.314 e. The lowest BCUT2D eigenvalue weighted by Crippen LogP contribution is -2.39. The summed E-state index contributed by atoms with van der Waals surface area (Å²) in [4.78, 5) is 11.6. The summed E-state index contributed by atoms with van der Waals surface area (Å²) in [5.41, 5.74) is 0. The van der Waals surface area contributed by atoms with Crippen LogP contribution in [-0.2, 0) is 19.0 Å². The molecule has 0 bridgehead atoms. The van der Waals surface area contributed by atoms with Gasteiger partial charge in [-0.1, -0.05) is 0 Å². The summed E-state index contributed by atoms with van der Waals surface area (Å²) in [6.45, 7) is 3.42. The van der Waals surface area contributed by atoms with E-state index in [4.69, 9.17) is 14.2 Å². The minimum Gasteiger partial charge on any atom is -0.466 e. The van der Waals surface area contributed by atoms with Crippen molar-refractivity contribution in [1.29, 1.82) is 0 Å². The van der Waals surface area contributed by atoms with E-state index in [1.807, 2.05) is 6.92 Å². The standard InChI is InChI=1S/C10H16O4/c1-2-12-9(11)8-4-3-5-10(8)13-6-7-14-10/h8H,2-7H2,1H3. The van der Waals surface area contributed by atoms with Crippen LogP contribution in [0.4, 0.5) is 0 Å². The van der Waals surface area contributed by atoms with Crippen LogP contribution in [0.2, 0.25) is 0 Å². The Labute approximate surface area is 83.5 Å². The highest BCUT2D eigenvalue weighted by molar-refractivity contribution is 5.74. The van der Waals surface area contributed by atoms with E-state index in [1.54, 1.807) is 0 Å². The molecule has 0 radical (unpaired) electrons. The number of hydrogen-bond acceptors (Lipinski definition) is 4. The summed E-state index contributed by atoms with van der Waals surface area (Å²) < 4.78 is 16.1. The topological polar surface area (TPSA) is 44.8 Å². The van der Waals surface area contributed by atoms with Crippen LogP contribution in [0.3, 0.4) is 0 Å². The van der Waals surface area contributed by atoms with Gasteiger partial charge in [-0.05, 0) is 19.8 Å². The Morgan fingerprint density at radius 1 is 1.50 bits per heavy atom. The van der Waals surface area contributed by atoms with Gasteiger partial charge in [0.1, 0.15) is 5.92 Å². The molecule has 80 valence electrons. The van der Waals surface area contributed by atoms with Gasteiger partial charge in [-0.3, -0.25) is 4.79 Å². The zero-order valence-electron chi connectivity index (χ0n) is 8.45. The molecule has 0 aromatic rings. The second-order valence-corrected chi connectivity index (χ2v) is 3.71. The van der Waals surface area contributed by atoms with Crippen molar-refractivity contribution in [2.75, 3.05) is 19.8 Å². The van der Waals surface area contributed by atoms with E-state index < -0.39 is 5.79 Å². The predicted molar refractivity (Wildman–Crippen MR) is 48.6 cm³/mol. The van der Waals surface area contributed by atoms with E-state index in [1.165, 1.54) is 0 Å². The van der Waals surface area contributed by atoms with Crippen LogP contribution in [0.25, 0.3) is 0 Å². The minimum absolute atomic E-state index is 0.174. The van der Waals surface area contributed by atoms with Gasteiger partial charge >= 0.3 is 5.97 Å². The number of ether oxygens (including phenoxy) is 3. The van der Waals surface area contributed by atoms with Gasteiger partial charge in [0.05, 0.1) is 19.8 Å². The van der Waals surface area contributed by atoms with Gasteiger partial charge in [0.25, 0.3) is 0 Å². The van der Waals surface area contributed by atoms with Gasteiger partial charge in [0.2, 0.25) is 0 Å². The average Bonchev–Trinajstić information content (AvgIpc) is 2.78. The van der Waals surface area contributed by atoms with Gasteiger partial charge in [-0.25, -0.2) is 0 Å². The van der Waals surface area contributed by atoms with E-state index in [2.05, 4.69) is 0 Å². The van der Waals surface area contributed by atoms with Crippen LogP contribution >= 0.6 is 0 Å². The van der Waals surface area contributed by atoms with Crippen molar-refractivity contribution in [3.8, 4) is 0 Å². The summed E-state index contributed by atoms with van der Waals surface area (Å²) in [6, 6.07) is 0. The summed E-state index contributed by atoms with van der Waals surface area (Å²) in [6.07, 6.45) is 2.61. The van der Waals surface area contributed by atoms with Crippen LogP contribution in [0.1, 0.15) is 26.2 Å². The monoisotopic (exact) mass is 200 g/mol. The normalized spacial score (nSPS) is 29.6. The lowest BCUT2D eigenvalue weighted by Gasteiger charge is -2.27. The Morgan fingerprint density at radius 3 is 2.86 bits per heavy atom. The molecule has 1 unspecified atom stereocenters. The quantitative estimate of drug-likeness (QED) is 0.626. The maximum absolute atomic E-state index is 11.6. The highest BCUT2D eigenvalue weighted by Crippen LogP contribution is 2.42. The van der Waals surface area contributed by atoms with Gasteiger partial charge in [0.15, 0.2) is 5.79 Å². The molecular formula is C10H16O4. The van der Waals surface area contributed by atoms with Crippen molar-refractivity contribution in [1.82, 2.24) is 0 Å². The Bertz CT molecular complexity index is 215. The van der Waals surface area contributed by atoms with E-state index in [9.17, 15) is 4.79 Å². The first kappa shape index (κ1) is 9.93. The fraction of sp³-hybridized carbons (Fsp3) is 0.900. The zero-order chi connectivity index (χ0) is 10.0. The largest absolute Gasteiger partial charge is 0.466 e. The van der Waals surface area contributed by atoms with Crippen molar-refractivity contribution in [3.05, 3.63) is 0 Å². The molecule has 1 saturated heterocycles. The van der Waals surface area contributed by atoms with Crippen molar-refractivity contribution in [2.45, 2.75) is 32.0 Å². The second-order valence-electron chi connectivity index (χ2n) is 3.71. The highest BCUT2D eigenvalue weighted by Gasteiger charge is 2.52. The molecule has 4 nitrogen and oxygen atoms in total. The molecule has 1 aliphatic carbocycles. The van der Waals surface area contributed by atoms with Crippen molar-refractivity contribution >= 4 is 5.97 Å². The third-order valence-corrected chi connectivity index (χ3v) is 2.90. The van der Waals surface area contributed by atoms with Crippen LogP contribution in [-0.4, -0.2) is 31.6 Å². The lowest BCUT2D eigenvalue weighted by atomic mass is 10.0. The average molecular weight is 200 g/mol. The molecule has 2 rings (SSSR count). The summed E-state index contributed by atoms with van der Waals surface area (Å²) in [5, 5.41) is 0. The summed E-state index contributed by atoms with van der Waals surface area (Å²) in [5.74, 6) is -1.04. The lowest BCUT2D eigenvalue weighted by molar-refractivity contribution is -0.198. The van der Waals surface area contributed by atoms with Crippen molar-refractivity contribution in [2.24, 2.45) is 5.92 Å². The molecule has 1 aliphatic heterocycles. The van der Waals surface area contributed by atoms with E-state index in [-0.39, 0.29) is 11.9 Å². The van der Waals surface area contributed by atoms with Crippen LogP contribution < -0.4 is 0 Å². The Morgan fingerprint density at radius 2 is 2.21 bits per heavy atom. The molecule has 1 heterocycles. The number of esters is 1. The molecule has 1 spiro atoms. The first-order valence-electron chi connectivity index (χ1n) is 5.23. The smallest absolute Gasteiger partial charge is 0.314 e. The van der Waals surface area contributed by atoms with Gasteiger partial charge in [-0.15, -0.1) is 0 Å². The molecule has 0 N–H and O–H groups in total. The SMILES string of the molecule is CCOC(=O)C1CCCC12OCCO2. The fourth-order valence-corrected chi connectivity index (χ4v) is 2.30. The Kier molecular flexibility index (Phi) is 2.74. The molecule has 1 saturated carbocycles. The van der Waals surface area contributed by atoms with Crippen LogP contribution in [0.5, 0.6) is 0 Å². The molecule has 2 aliphatic rings. The summed E-state index contributed by atoms with van der Waals surface area (Å²) in [7, 11) is 0. The van der Waals surface area contributed by atoms with Gasteiger partial charge < -0.3 is 14.2 Å². The number of carbonyl (C=O) groups excluding carboxylic acids is 1. The van der Waals surface area contributed by atoms with Gasteiger partial charge in [-0.2, -0.15) is 0 Å². The van der Waals surface area contributed by atoms with Gasteiger partial charge in [0, 0.05) is 6.42 Å².